The quantitative estimate of drug-likeness (QED) is 0.702. The van der Waals surface area contributed by atoms with Crippen molar-refractivity contribution in [1.29, 1.82) is 0 Å². The highest BCUT2D eigenvalue weighted by Gasteiger charge is 2.01. The fourth-order valence-electron chi connectivity index (χ4n) is 1.41. The Labute approximate surface area is 90.8 Å². The Morgan fingerprint density at radius 1 is 1.50 bits per heavy atom. The van der Waals surface area contributed by atoms with Gasteiger partial charge >= 0.3 is 0 Å². The number of nitrogens with one attached hydrogen (secondary N) is 1. The Morgan fingerprint density at radius 2 is 2.36 bits per heavy atom. The van der Waals surface area contributed by atoms with Crippen LogP contribution in [0.2, 0.25) is 0 Å². The molecule has 0 saturated heterocycles. The molecule has 1 N–H and O–H groups in total. The largest absolute Gasteiger partial charge is 0.309 e. The standard InChI is InChI=1S/C11H20N2S/c1-3-4-5-6-10(2)13-8-11-7-12-9-14-11/h7,9-10,13H,3-6,8H2,1-2H3. The summed E-state index contributed by atoms with van der Waals surface area (Å²) in [5.74, 6) is 0. The van der Waals surface area contributed by atoms with Gasteiger partial charge < -0.3 is 5.32 Å². The maximum absolute atomic E-state index is 4.05. The van der Waals surface area contributed by atoms with Gasteiger partial charge in [-0.2, -0.15) is 0 Å². The summed E-state index contributed by atoms with van der Waals surface area (Å²) < 4.78 is 0. The first kappa shape index (κ1) is 11.7. The predicted octanol–water partition coefficient (Wildman–Crippen LogP) is 3.20. The number of aromatic nitrogens is 1. The third-order valence-electron chi connectivity index (χ3n) is 2.35. The van der Waals surface area contributed by atoms with Crippen LogP contribution in [0.15, 0.2) is 11.7 Å². The van der Waals surface area contributed by atoms with Gasteiger partial charge in [-0.05, 0) is 13.3 Å². The molecule has 0 aliphatic carbocycles. The fraction of sp³-hybridized carbons (Fsp3) is 0.727. The van der Waals surface area contributed by atoms with E-state index in [1.165, 1.54) is 30.6 Å². The summed E-state index contributed by atoms with van der Waals surface area (Å²) in [5.41, 5.74) is 1.89. The van der Waals surface area contributed by atoms with Crippen molar-refractivity contribution in [1.82, 2.24) is 10.3 Å². The molecular weight excluding hydrogens is 192 g/mol. The van der Waals surface area contributed by atoms with Crippen LogP contribution in [0, 0.1) is 0 Å². The number of hydrogen-bond donors (Lipinski definition) is 1. The second-order valence-corrected chi connectivity index (χ2v) is 4.72. The molecule has 1 rings (SSSR count). The SMILES string of the molecule is CCCCCC(C)NCc1cncs1. The zero-order chi connectivity index (χ0) is 10.2. The van der Waals surface area contributed by atoms with Gasteiger partial charge in [0, 0.05) is 23.7 Å². The highest BCUT2D eigenvalue weighted by atomic mass is 32.1. The minimum absolute atomic E-state index is 0.628. The van der Waals surface area contributed by atoms with Gasteiger partial charge in [0.2, 0.25) is 0 Å². The molecule has 1 aromatic heterocycles. The summed E-state index contributed by atoms with van der Waals surface area (Å²) >= 11 is 1.72. The van der Waals surface area contributed by atoms with Crippen molar-refractivity contribution < 1.29 is 0 Å². The molecule has 0 saturated carbocycles. The highest BCUT2D eigenvalue weighted by Crippen LogP contribution is 2.07. The van der Waals surface area contributed by atoms with Crippen molar-refractivity contribution in [3.63, 3.8) is 0 Å². The Hall–Kier alpha value is -0.410. The second kappa shape index (κ2) is 6.96. The van der Waals surface area contributed by atoms with Gasteiger partial charge in [0.05, 0.1) is 5.51 Å². The van der Waals surface area contributed by atoms with E-state index >= 15 is 0 Å². The van der Waals surface area contributed by atoms with Crippen molar-refractivity contribution >= 4 is 11.3 Å². The van der Waals surface area contributed by atoms with Gasteiger partial charge in [-0.1, -0.05) is 26.2 Å². The molecule has 0 bridgehead atoms. The molecule has 1 heterocycles. The summed E-state index contributed by atoms with van der Waals surface area (Å²) in [6.07, 6.45) is 7.23. The predicted molar refractivity (Wildman–Crippen MR) is 62.6 cm³/mol. The van der Waals surface area contributed by atoms with Gasteiger partial charge in [-0.3, -0.25) is 4.98 Å². The van der Waals surface area contributed by atoms with Crippen LogP contribution in [0.25, 0.3) is 0 Å². The van der Waals surface area contributed by atoms with Crippen molar-refractivity contribution in [2.45, 2.75) is 52.1 Å². The summed E-state index contributed by atoms with van der Waals surface area (Å²) in [6, 6.07) is 0.628. The number of rotatable bonds is 7. The molecule has 1 atom stereocenters. The Kier molecular flexibility index (Phi) is 5.80. The minimum atomic E-state index is 0.628. The zero-order valence-electron chi connectivity index (χ0n) is 9.12. The molecular formula is C11H20N2S. The lowest BCUT2D eigenvalue weighted by atomic mass is 10.1. The van der Waals surface area contributed by atoms with Crippen molar-refractivity contribution in [2.24, 2.45) is 0 Å². The van der Waals surface area contributed by atoms with Crippen LogP contribution in [-0.4, -0.2) is 11.0 Å². The molecule has 0 spiro atoms. The Bertz CT molecular complexity index is 221. The Balaban J connectivity index is 2.06. The third-order valence-corrected chi connectivity index (χ3v) is 3.13. The van der Waals surface area contributed by atoms with Crippen molar-refractivity contribution in [3.05, 3.63) is 16.6 Å². The molecule has 1 aromatic rings. The second-order valence-electron chi connectivity index (χ2n) is 3.75. The molecule has 0 aliphatic heterocycles. The molecule has 1 unspecified atom stereocenters. The molecule has 14 heavy (non-hydrogen) atoms. The molecule has 0 radical (unpaired) electrons. The van der Waals surface area contributed by atoms with Gasteiger partial charge in [-0.25, -0.2) is 0 Å². The monoisotopic (exact) mass is 212 g/mol. The van der Waals surface area contributed by atoms with E-state index in [4.69, 9.17) is 0 Å². The van der Waals surface area contributed by atoms with E-state index in [1.807, 2.05) is 11.7 Å². The van der Waals surface area contributed by atoms with Gasteiger partial charge in [0.25, 0.3) is 0 Å². The first-order valence-corrected chi connectivity index (χ1v) is 6.31. The lowest BCUT2D eigenvalue weighted by Gasteiger charge is -2.12. The average molecular weight is 212 g/mol. The molecule has 3 heteroatoms. The summed E-state index contributed by atoms with van der Waals surface area (Å²) in [6.45, 7) is 5.48. The molecule has 0 aliphatic rings. The highest BCUT2D eigenvalue weighted by molar-refractivity contribution is 7.09. The first-order valence-electron chi connectivity index (χ1n) is 5.43. The van der Waals surface area contributed by atoms with Gasteiger partial charge in [0.1, 0.15) is 0 Å². The first-order chi connectivity index (χ1) is 6.83. The maximum Gasteiger partial charge on any atom is 0.0794 e. The Morgan fingerprint density at radius 3 is 3.00 bits per heavy atom. The van der Waals surface area contributed by atoms with Crippen LogP contribution in [0.3, 0.4) is 0 Å². The summed E-state index contributed by atoms with van der Waals surface area (Å²) in [7, 11) is 0. The molecule has 80 valence electrons. The number of hydrogen-bond acceptors (Lipinski definition) is 3. The van der Waals surface area contributed by atoms with Crippen LogP contribution in [0.5, 0.6) is 0 Å². The van der Waals surface area contributed by atoms with Crippen LogP contribution >= 0.6 is 11.3 Å². The molecule has 0 amide bonds. The maximum atomic E-state index is 4.05. The summed E-state index contributed by atoms with van der Waals surface area (Å²) in [4.78, 5) is 5.38. The van der Waals surface area contributed by atoms with E-state index in [9.17, 15) is 0 Å². The number of thiazole rings is 1. The third kappa shape index (κ3) is 4.72. The van der Waals surface area contributed by atoms with Crippen molar-refractivity contribution in [2.75, 3.05) is 0 Å². The van der Waals surface area contributed by atoms with Crippen LogP contribution in [0.1, 0.15) is 44.4 Å². The van der Waals surface area contributed by atoms with E-state index in [2.05, 4.69) is 24.1 Å². The minimum Gasteiger partial charge on any atom is -0.309 e. The lowest BCUT2D eigenvalue weighted by Crippen LogP contribution is -2.24. The van der Waals surface area contributed by atoms with Crippen LogP contribution in [0.4, 0.5) is 0 Å². The topological polar surface area (TPSA) is 24.9 Å². The van der Waals surface area contributed by atoms with E-state index in [0.717, 1.165) is 6.54 Å². The van der Waals surface area contributed by atoms with Crippen molar-refractivity contribution in [3.8, 4) is 0 Å². The van der Waals surface area contributed by atoms with Crippen LogP contribution < -0.4 is 5.32 Å². The van der Waals surface area contributed by atoms with E-state index in [-0.39, 0.29) is 0 Å². The van der Waals surface area contributed by atoms with E-state index in [0.29, 0.717) is 6.04 Å². The number of unbranched alkanes of at least 4 members (excludes halogenated alkanes) is 2. The summed E-state index contributed by atoms with van der Waals surface area (Å²) in [5, 5.41) is 3.51. The van der Waals surface area contributed by atoms with Gasteiger partial charge in [-0.15, -0.1) is 11.3 Å². The smallest absolute Gasteiger partial charge is 0.0794 e. The molecule has 0 fully saturated rings. The average Bonchev–Trinajstić information content (AvgIpc) is 2.68. The van der Waals surface area contributed by atoms with E-state index in [1.54, 1.807) is 11.3 Å². The fourth-order valence-corrected chi connectivity index (χ4v) is 1.95. The normalized spacial score (nSPS) is 13.0. The van der Waals surface area contributed by atoms with E-state index < -0.39 is 0 Å². The zero-order valence-corrected chi connectivity index (χ0v) is 9.94. The number of nitrogens with zero attached hydrogens (tertiary/aromatic N) is 1. The van der Waals surface area contributed by atoms with Gasteiger partial charge in [0.15, 0.2) is 0 Å². The van der Waals surface area contributed by atoms with Crippen LogP contribution in [-0.2, 0) is 6.54 Å². The molecule has 0 aromatic carbocycles. The lowest BCUT2D eigenvalue weighted by molar-refractivity contribution is 0.489. The molecule has 2 nitrogen and oxygen atoms in total.